The Kier molecular flexibility index (Phi) is 2.44. The van der Waals surface area contributed by atoms with Crippen molar-refractivity contribution in [3.63, 3.8) is 0 Å². The maximum absolute atomic E-state index is 9.12. The zero-order chi connectivity index (χ0) is 10.3. The molecule has 0 aliphatic carbocycles. The Balaban J connectivity index is 2.81. The van der Waals surface area contributed by atoms with Gasteiger partial charge >= 0.3 is 7.12 Å². The molecule has 0 saturated heterocycles. The van der Waals surface area contributed by atoms with Gasteiger partial charge in [-0.2, -0.15) is 0 Å². The molecule has 0 fully saturated rings. The first-order chi connectivity index (χ1) is 6.59. The van der Waals surface area contributed by atoms with Crippen LogP contribution in [0.3, 0.4) is 0 Å². The predicted molar refractivity (Wildman–Crippen MR) is 63.3 cm³/mol. The van der Waals surface area contributed by atoms with Crippen LogP contribution >= 0.6 is 24.0 Å². The lowest BCUT2D eigenvalue weighted by Gasteiger charge is -2.02. The molecule has 0 atom stereocenters. The fourth-order valence-corrected chi connectivity index (χ4v) is 2.58. The molecule has 0 amide bonds. The van der Waals surface area contributed by atoms with E-state index in [1.807, 2.05) is 0 Å². The highest BCUT2D eigenvalue weighted by Gasteiger charge is 2.17. The normalized spacial score (nSPS) is 10.8. The van der Waals surface area contributed by atoms with Crippen LogP contribution in [0, 0.1) is 0 Å². The van der Waals surface area contributed by atoms with Crippen molar-refractivity contribution in [3.8, 4) is 0 Å². The summed E-state index contributed by atoms with van der Waals surface area (Å²) in [5.74, 6) is 0. The summed E-state index contributed by atoms with van der Waals surface area (Å²) >= 11 is 5.66. The molecule has 0 aliphatic rings. The summed E-state index contributed by atoms with van der Waals surface area (Å²) in [5, 5.41) is 19.6. The minimum atomic E-state index is -1.47. The molecule has 1 aromatic carbocycles. The summed E-state index contributed by atoms with van der Waals surface area (Å²) < 4.78 is 0.886. The zero-order valence-corrected chi connectivity index (χ0v) is 8.85. The highest BCUT2D eigenvalue weighted by Crippen LogP contribution is 2.31. The van der Waals surface area contributed by atoms with Gasteiger partial charge in [-0.05, 0) is 23.0 Å². The second kappa shape index (κ2) is 3.47. The van der Waals surface area contributed by atoms with E-state index in [0.717, 1.165) is 15.0 Å². The molecule has 0 aliphatic heterocycles. The van der Waals surface area contributed by atoms with Gasteiger partial charge in [-0.1, -0.05) is 6.07 Å². The van der Waals surface area contributed by atoms with E-state index in [2.05, 4.69) is 12.6 Å². The average molecular weight is 225 g/mol. The average Bonchev–Trinajstić information content (AvgIpc) is 2.47. The minimum Gasteiger partial charge on any atom is -0.423 e. The Bertz CT molecular complexity index is 483. The Labute approximate surface area is 90.7 Å². The number of thiophene rings is 1. The van der Waals surface area contributed by atoms with Crippen LogP contribution in [0.25, 0.3) is 10.1 Å². The van der Waals surface area contributed by atoms with Crippen LogP contribution in [-0.2, 0) is 0 Å². The summed E-state index contributed by atoms with van der Waals surface area (Å²) in [6.45, 7) is 0. The molecule has 2 aromatic rings. The minimum absolute atomic E-state index is 0.464. The Morgan fingerprint density at radius 3 is 2.71 bits per heavy atom. The maximum Gasteiger partial charge on any atom is 0.489 e. The standard InChI is InChI=1S/C8H8BNO2S2/c10-7-3-4-5(9(11)12)1-2-6(13)8(4)14-7/h1-3,11-13H,10H2. The van der Waals surface area contributed by atoms with E-state index in [4.69, 9.17) is 15.8 Å². The van der Waals surface area contributed by atoms with Gasteiger partial charge in [0.1, 0.15) is 0 Å². The first kappa shape index (κ1) is 9.85. The van der Waals surface area contributed by atoms with E-state index in [1.54, 1.807) is 18.2 Å². The first-order valence-electron chi connectivity index (χ1n) is 3.96. The fraction of sp³-hybridized carbons (Fsp3) is 0. The lowest BCUT2D eigenvalue weighted by Crippen LogP contribution is -2.30. The zero-order valence-electron chi connectivity index (χ0n) is 7.14. The number of rotatable bonds is 1. The third-order valence-corrected chi connectivity index (χ3v) is 3.52. The fourth-order valence-electron chi connectivity index (χ4n) is 1.37. The third kappa shape index (κ3) is 1.50. The molecular formula is C8H8BNO2S2. The van der Waals surface area contributed by atoms with Crippen LogP contribution in [0.5, 0.6) is 0 Å². The van der Waals surface area contributed by atoms with Crippen molar-refractivity contribution < 1.29 is 10.0 Å². The lowest BCUT2D eigenvalue weighted by molar-refractivity contribution is 0.426. The first-order valence-corrected chi connectivity index (χ1v) is 5.23. The van der Waals surface area contributed by atoms with Crippen LogP contribution in [0.15, 0.2) is 23.1 Å². The van der Waals surface area contributed by atoms with Crippen LogP contribution in [-0.4, -0.2) is 17.2 Å². The molecule has 72 valence electrons. The highest BCUT2D eigenvalue weighted by atomic mass is 32.1. The predicted octanol–water partition coefficient (Wildman–Crippen LogP) is 0.452. The van der Waals surface area contributed by atoms with Crippen molar-refractivity contribution >= 4 is 51.6 Å². The van der Waals surface area contributed by atoms with Crippen LogP contribution in [0.2, 0.25) is 0 Å². The van der Waals surface area contributed by atoms with E-state index in [1.165, 1.54) is 11.3 Å². The number of thiol groups is 1. The second-order valence-electron chi connectivity index (χ2n) is 2.94. The number of nitrogen functional groups attached to an aromatic ring is 1. The van der Waals surface area contributed by atoms with E-state index >= 15 is 0 Å². The van der Waals surface area contributed by atoms with Crippen LogP contribution in [0.1, 0.15) is 0 Å². The number of hydrogen-bond donors (Lipinski definition) is 4. The summed E-state index contributed by atoms with van der Waals surface area (Å²) in [4.78, 5) is 0.797. The van der Waals surface area contributed by atoms with Gasteiger partial charge in [0.25, 0.3) is 0 Å². The van der Waals surface area contributed by atoms with Gasteiger partial charge in [-0.3, -0.25) is 0 Å². The molecular weight excluding hydrogens is 217 g/mol. The quantitative estimate of drug-likeness (QED) is 0.421. The second-order valence-corrected chi connectivity index (χ2v) is 4.50. The summed E-state index contributed by atoms with van der Waals surface area (Å²) in [5.41, 5.74) is 6.11. The Morgan fingerprint density at radius 2 is 2.07 bits per heavy atom. The largest absolute Gasteiger partial charge is 0.489 e. The molecule has 1 heterocycles. The lowest BCUT2D eigenvalue weighted by atomic mass is 9.78. The molecule has 0 bridgehead atoms. The van der Waals surface area contributed by atoms with Crippen molar-refractivity contribution in [3.05, 3.63) is 18.2 Å². The molecule has 1 aromatic heterocycles. The molecule has 0 radical (unpaired) electrons. The Morgan fingerprint density at radius 1 is 1.36 bits per heavy atom. The van der Waals surface area contributed by atoms with Crippen LogP contribution in [0.4, 0.5) is 5.00 Å². The summed E-state index contributed by atoms with van der Waals surface area (Å²) in [7, 11) is -1.47. The number of fused-ring (bicyclic) bond motifs is 1. The van der Waals surface area contributed by atoms with Gasteiger partial charge in [0.05, 0.1) is 5.00 Å². The van der Waals surface area contributed by atoms with Gasteiger partial charge in [0.15, 0.2) is 0 Å². The monoisotopic (exact) mass is 225 g/mol. The van der Waals surface area contributed by atoms with Gasteiger partial charge in [-0.25, -0.2) is 0 Å². The number of nitrogens with two attached hydrogens (primary N) is 1. The van der Waals surface area contributed by atoms with Gasteiger partial charge in [-0.15, -0.1) is 24.0 Å². The van der Waals surface area contributed by atoms with Gasteiger partial charge in [0.2, 0.25) is 0 Å². The molecule has 14 heavy (non-hydrogen) atoms. The SMILES string of the molecule is Nc1cc2c(B(O)O)ccc(S)c2s1. The van der Waals surface area contributed by atoms with E-state index in [-0.39, 0.29) is 0 Å². The van der Waals surface area contributed by atoms with Crippen LogP contribution < -0.4 is 11.2 Å². The van der Waals surface area contributed by atoms with Crippen molar-refractivity contribution in [2.45, 2.75) is 4.90 Å². The van der Waals surface area contributed by atoms with Crippen molar-refractivity contribution in [1.82, 2.24) is 0 Å². The Hall–Kier alpha value is -0.685. The molecule has 6 heteroatoms. The summed E-state index contributed by atoms with van der Waals surface area (Å²) in [6, 6.07) is 5.10. The molecule has 3 nitrogen and oxygen atoms in total. The number of benzene rings is 1. The van der Waals surface area contributed by atoms with E-state index < -0.39 is 7.12 Å². The maximum atomic E-state index is 9.12. The molecule has 0 spiro atoms. The smallest absolute Gasteiger partial charge is 0.423 e. The van der Waals surface area contributed by atoms with Crippen molar-refractivity contribution in [1.29, 1.82) is 0 Å². The topological polar surface area (TPSA) is 66.5 Å². The third-order valence-electron chi connectivity index (χ3n) is 1.99. The summed E-state index contributed by atoms with van der Waals surface area (Å²) in [6.07, 6.45) is 0. The number of anilines is 1. The van der Waals surface area contributed by atoms with E-state index in [0.29, 0.717) is 10.5 Å². The van der Waals surface area contributed by atoms with Crippen molar-refractivity contribution in [2.75, 3.05) is 5.73 Å². The van der Waals surface area contributed by atoms with Crippen molar-refractivity contribution in [2.24, 2.45) is 0 Å². The van der Waals surface area contributed by atoms with Gasteiger partial charge < -0.3 is 15.8 Å². The molecule has 0 unspecified atom stereocenters. The van der Waals surface area contributed by atoms with Gasteiger partial charge in [0, 0.05) is 9.60 Å². The molecule has 0 saturated carbocycles. The van der Waals surface area contributed by atoms with E-state index in [9.17, 15) is 0 Å². The molecule has 2 rings (SSSR count). The molecule has 4 N–H and O–H groups in total. The number of hydrogen-bond acceptors (Lipinski definition) is 5. The highest BCUT2D eigenvalue weighted by molar-refractivity contribution is 7.80.